The Morgan fingerprint density at radius 3 is 2.67 bits per heavy atom. The predicted octanol–water partition coefficient (Wildman–Crippen LogP) is 2.91. The third kappa shape index (κ3) is 3.65. The van der Waals surface area contributed by atoms with Crippen LogP contribution in [0.4, 0.5) is 4.79 Å². The van der Waals surface area contributed by atoms with Crippen molar-refractivity contribution in [1.82, 2.24) is 20.2 Å². The standard InChI is InChI=1S/C18H20N4O2/c1-22(12-17-20-15-5-3-4-6-16(15)21-17)18(23)19-11-13-7-9-14(24-2)10-8-13/h3-10H,11-12H2,1-2H3,(H,19,23)(H,20,21). The first-order valence-electron chi connectivity index (χ1n) is 7.71. The summed E-state index contributed by atoms with van der Waals surface area (Å²) in [7, 11) is 3.38. The highest BCUT2D eigenvalue weighted by Gasteiger charge is 2.11. The van der Waals surface area contributed by atoms with E-state index in [0.717, 1.165) is 28.2 Å². The van der Waals surface area contributed by atoms with E-state index in [4.69, 9.17) is 4.74 Å². The van der Waals surface area contributed by atoms with Gasteiger partial charge in [0.15, 0.2) is 0 Å². The Kier molecular flexibility index (Phi) is 4.65. The van der Waals surface area contributed by atoms with Crippen LogP contribution in [0.1, 0.15) is 11.4 Å². The summed E-state index contributed by atoms with van der Waals surface area (Å²) in [5.41, 5.74) is 2.89. The summed E-state index contributed by atoms with van der Waals surface area (Å²) in [6.07, 6.45) is 0. The number of nitrogens with zero attached hydrogens (tertiary/aromatic N) is 2. The molecule has 0 bridgehead atoms. The molecule has 2 N–H and O–H groups in total. The number of fused-ring (bicyclic) bond motifs is 1. The number of ether oxygens (including phenoxy) is 1. The monoisotopic (exact) mass is 324 g/mol. The molecule has 0 fully saturated rings. The SMILES string of the molecule is COc1ccc(CNC(=O)N(C)Cc2nc3ccccc3[nH]2)cc1. The van der Waals surface area contributed by atoms with Gasteiger partial charge in [-0.25, -0.2) is 9.78 Å². The van der Waals surface area contributed by atoms with Crippen LogP contribution in [0.2, 0.25) is 0 Å². The molecule has 0 aliphatic heterocycles. The molecule has 0 unspecified atom stereocenters. The Morgan fingerprint density at radius 2 is 1.96 bits per heavy atom. The molecule has 0 saturated carbocycles. The molecule has 3 rings (SSSR count). The van der Waals surface area contributed by atoms with Gasteiger partial charge in [-0.2, -0.15) is 0 Å². The number of aromatic nitrogens is 2. The molecular formula is C18H20N4O2. The molecule has 124 valence electrons. The summed E-state index contributed by atoms with van der Waals surface area (Å²) in [5, 5.41) is 2.89. The van der Waals surface area contributed by atoms with Crippen LogP contribution in [0.25, 0.3) is 11.0 Å². The first-order valence-corrected chi connectivity index (χ1v) is 7.71. The first kappa shape index (κ1) is 15.9. The average Bonchev–Trinajstić information content (AvgIpc) is 3.02. The summed E-state index contributed by atoms with van der Waals surface area (Å²) in [4.78, 5) is 21.5. The summed E-state index contributed by atoms with van der Waals surface area (Å²) in [6, 6.07) is 15.3. The van der Waals surface area contributed by atoms with E-state index in [1.807, 2.05) is 48.5 Å². The van der Waals surface area contributed by atoms with Crippen molar-refractivity contribution >= 4 is 17.1 Å². The van der Waals surface area contributed by atoms with Gasteiger partial charge in [0.25, 0.3) is 0 Å². The summed E-state index contributed by atoms with van der Waals surface area (Å²) < 4.78 is 5.12. The zero-order valence-corrected chi connectivity index (χ0v) is 13.7. The van der Waals surface area contributed by atoms with Crippen molar-refractivity contribution in [3.8, 4) is 5.75 Å². The van der Waals surface area contributed by atoms with Crippen molar-refractivity contribution in [2.75, 3.05) is 14.2 Å². The number of carbonyl (C=O) groups is 1. The van der Waals surface area contributed by atoms with Gasteiger partial charge in [-0.05, 0) is 29.8 Å². The van der Waals surface area contributed by atoms with Crippen LogP contribution >= 0.6 is 0 Å². The quantitative estimate of drug-likeness (QED) is 0.758. The van der Waals surface area contributed by atoms with Crippen molar-refractivity contribution in [2.45, 2.75) is 13.1 Å². The molecule has 3 aromatic rings. The van der Waals surface area contributed by atoms with Crippen LogP contribution in [-0.4, -0.2) is 35.1 Å². The van der Waals surface area contributed by atoms with Crippen LogP contribution in [0.15, 0.2) is 48.5 Å². The number of rotatable bonds is 5. The highest BCUT2D eigenvalue weighted by atomic mass is 16.5. The van der Waals surface area contributed by atoms with Gasteiger partial charge in [0, 0.05) is 13.6 Å². The second-order valence-electron chi connectivity index (χ2n) is 5.56. The van der Waals surface area contributed by atoms with Crippen LogP contribution in [-0.2, 0) is 13.1 Å². The summed E-state index contributed by atoms with van der Waals surface area (Å²) in [5.74, 6) is 1.56. The summed E-state index contributed by atoms with van der Waals surface area (Å²) >= 11 is 0. The molecule has 24 heavy (non-hydrogen) atoms. The van der Waals surface area contributed by atoms with Crippen molar-refractivity contribution in [2.24, 2.45) is 0 Å². The fraction of sp³-hybridized carbons (Fsp3) is 0.222. The van der Waals surface area contributed by atoms with Gasteiger partial charge in [-0.3, -0.25) is 0 Å². The molecule has 0 aliphatic carbocycles. The van der Waals surface area contributed by atoms with Crippen molar-refractivity contribution < 1.29 is 9.53 Å². The smallest absolute Gasteiger partial charge is 0.317 e. The van der Waals surface area contributed by atoms with E-state index < -0.39 is 0 Å². The van der Waals surface area contributed by atoms with Crippen LogP contribution in [0.5, 0.6) is 5.75 Å². The number of urea groups is 1. The molecule has 0 atom stereocenters. The Labute approximate surface area is 140 Å². The number of para-hydroxylation sites is 2. The van der Waals surface area contributed by atoms with Crippen LogP contribution in [0, 0.1) is 0 Å². The third-order valence-corrected chi connectivity index (χ3v) is 3.77. The minimum Gasteiger partial charge on any atom is -0.497 e. The Bertz CT molecular complexity index is 793. The van der Waals surface area contributed by atoms with Gasteiger partial charge in [-0.15, -0.1) is 0 Å². The number of aromatic amines is 1. The Morgan fingerprint density at radius 1 is 1.21 bits per heavy atom. The first-order chi connectivity index (χ1) is 11.7. The van der Waals surface area contributed by atoms with E-state index in [0.29, 0.717) is 13.1 Å². The maximum atomic E-state index is 12.2. The lowest BCUT2D eigenvalue weighted by molar-refractivity contribution is 0.205. The molecule has 1 aromatic heterocycles. The number of methoxy groups -OCH3 is 1. The Balaban J connectivity index is 1.55. The molecule has 1 heterocycles. The van der Waals surface area contributed by atoms with E-state index in [9.17, 15) is 4.79 Å². The van der Waals surface area contributed by atoms with Gasteiger partial charge >= 0.3 is 6.03 Å². The second kappa shape index (κ2) is 7.04. The lowest BCUT2D eigenvalue weighted by atomic mass is 10.2. The summed E-state index contributed by atoms with van der Waals surface area (Å²) in [6.45, 7) is 0.885. The van der Waals surface area contributed by atoms with E-state index in [-0.39, 0.29) is 6.03 Å². The minimum atomic E-state index is -0.147. The number of hydrogen-bond donors (Lipinski definition) is 2. The van der Waals surface area contributed by atoms with E-state index >= 15 is 0 Å². The molecule has 0 aliphatic rings. The highest BCUT2D eigenvalue weighted by molar-refractivity contribution is 5.76. The lowest BCUT2D eigenvalue weighted by Gasteiger charge is -2.16. The number of benzene rings is 2. The van der Waals surface area contributed by atoms with Crippen molar-refractivity contribution in [3.63, 3.8) is 0 Å². The van der Waals surface area contributed by atoms with Crippen molar-refractivity contribution in [3.05, 3.63) is 59.9 Å². The van der Waals surface area contributed by atoms with Gasteiger partial charge in [-0.1, -0.05) is 24.3 Å². The lowest BCUT2D eigenvalue weighted by Crippen LogP contribution is -2.36. The molecule has 6 nitrogen and oxygen atoms in total. The molecule has 6 heteroatoms. The third-order valence-electron chi connectivity index (χ3n) is 3.77. The van der Waals surface area contributed by atoms with E-state index in [1.54, 1.807) is 19.1 Å². The van der Waals surface area contributed by atoms with E-state index in [1.165, 1.54) is 0 Å². The molecule has 0 radical (unpaired) electrons. The molecule has 0 spiro atoms. The minimum absolute atomic E-state index is 0.147. The van der Waals surface area contributed by atoms with Crippen LogP contribution in [0.3, 0.4) is 0 Å². The van der Waals surface area contributed by atoms with Gasteiger partial charge in [0.05, 0.1) is 24.7 Å². The normalized spacial score (nSPS) is 10.6. The average molecular weight is 324 g/mol. The van der Waals surface area contributed by atoms with Gasteiger partial charge < -0.3 is 19.9 Å². The number of carbonyl (C=O) groups excluding carboxylic acids is 1. The number of hydrogen-bond acceptors (Lipinski definition) is 3. The number of H-pyrrole nitrogens is 1. The fourth-order valence-electron chi connectivity index (χ4n) is 2.43. The maximum absolute atomic E-state index is 12.2. The predicted molar refractivity (Wildman–Crippen MR) is 92.8 cm³/mol. The molecule has 2 amide bonds. The number of imidazole rings is 1. The maximum Gasteiger partial charge on any atom is 0.317 e. The van der Waals surface area contributed by atoms with Gasteiger partial charge in [0.1, 0.15) is 11.6 Å². The largest absolute Gasteiger partial charge is 0.497 e. The number of amides is 2. The fourth-order valence-corrected chi connectivity index (χ4v) is 2.43. The highest BCUT2D eigenvalue weighted by Crippen LogP contribution is 2.12. The topological polar surface area (TPSA) is 70.2 Å². The zero-order valence-electron chi connectivity index (χ0n) is 13.7. The molecular weight excluding hydrogens is 304 g/mol. The molecule has 0 saturated heterocycles. The van der Waals surface area contributed by atoms with Crippen molar-refractivity contribution in [1.29, 1.82) is 0 Å². The number of nitrogens with one attached hydrogen (secondary N) is 2. The zero-order chi connectivity index (χ0) is 16.9. The van der Waals surface area contributed by atoms with Gasteiger partial charge in [0.2, 0.25) is 0 Å². The second-order valence-corrected chi connectivity index (χ2v) is 5.56. The van der Waals surface area contributed by atoms with Crippen LogP contribution < -0.4 is 10.1 Å². The Hall–Kier alpha value is -3.02. The molecule has 2 aromatic carbocycles. The van der Waals surface area contributed by atoms with E-state index in [2.05, 4.69) is 15.3 Å².